The molecular formula is C21H37IN6O. The highest BCUT2D eigenvalue weighted by Gasteiger charge is 2.29. The normalized spacial score (nSPS) is 25.5. The number of likely N-dealkylation sites (tertiary alicyclic amines) is 2. The summed E-state index contributed by atoms with van der Waals surface area (Å²) in [5.41, 5.74) is 0. The third-order valence-electron chi connectivity index (χ3n) is 6.17. The second-order valence-electron chi connectivity index (χ2n) is 8.21. The van der Waals surface area contributed by atoms with E-state index in [0.29, 0.717) is 31.0 Å². The van der Waals surface area contributed by atoms with E-state index < -0.39 is 0 Å². The van der Waals surface area contributed by atoms with Crippen LogP contribution in [0.2, 0.25) is 0 Å². The Bertz CT molecular complexity index is 650. The Morgan fingerprint density at radius 3 is 2.76 bits per heavy atom. The van der Waals surface area contributed by atoms with Gasteiger partial charge < -0.3 is 19.7 Å². The molecule has 8 heteroatoms. The molecule has 3 rings (SSSR count). The molecule has 0 spiro atoms. The van der Waals surface area contributed by atoms with Crippen molar-refractivity contribution in [3.8, 4) is 0 Å². The summed E-state index contributed by atoms with van der Waals surface area (Å²) in [5, 5.41) is 3.42. The Balaban J connectivity index is 0.00000300. The maximum atomic E-state index is 12.6. The van der Waals surface area contributed by atoms with E-state index in [2.05, 4.69) is 40.5 Å². The van der Waals surface area contributed by atoms with Crippen LogP contribution in [0.25, 0.3) is 0 Å². The molecule has 7 nitrogen and oxygen atoms in total. The molecule has 3 unspecified atom stereocenters. The van der Waals surface area contributed by atoms with Gasteiger partial charge in [0.1, 0.15) is 0 Å². The van der Waals surface area contributed by atoms with Crippen molar-refractivity contribution >= 4 is 35.8 Å². The van der Waals surface area contributed by atoms with Crippen LogP contribution in [0.15, 0.2) is 23.7 Å². The summed E-state index contributed by atoms with van der Waals surface area (Å²) in [6.45, 7) is 10.8. The zero-order valence-corrected chi connectivity index (χ0v) is 20.4. The Hall–Kier alpha value is -1.32. The van der Waals surface area contributed by atoms with Crippen LogP contribution in [0.4, 0.5) is 0 Å². The lowest BCUT2D eigenvalue weighted by Gasteiger charge is -2.39. The average Bonchev–Trinajstić information content (AvgIpc) is 3.22. The number of piperidine rings is 2. The largest absolute Gasteiger partial charge is 0.357 e. The predicted octanol–water partition coefficient (Wildman–Crippen LogP) is 3.14. The maximum Gasteiger partial charge on any atom is 0.224 e. The quantitative estimate of drug-likeness (QED) is 0.371. The Kier molecular flexibility index (Phi) is 9.71. The zero-order valence-electron chi connectivity index (χ0n) is 18.1. The lowest BCUT2D eigenvalue weighted by molar-refractivity contribution is -0.134. The van der Waals surface area contributed by atoms with Gasteiger partial charge in [-0.2, -0.15) is 0 Å². The van der Waals surface area contributed by atoms with Crippen LogP contribution in [0.5, 0.6) is 0 Å². The molecule has 3 atom stereocenters. The second kappa shape index (κ2) is 11.8. The highest BCUT2D eigenvalue weighted by atomic mass is 127. The van der Waals surface area contributed by atoms with Gasteiger partial charge in [0.25, 0.3) is 0 Å². The number of aromatic nitrogens is 2. The summed E-state index contributed by atoms with van der Waals surface area (Å²) in [6, 6.07) is 0.772. The van der Waals surface area contributed by atoms with Gasteiger partial charge in [-0.15, -0.1) is 24.0 Å². The fourth-order valence-corrected chi connectivity index (χ4v) is 4.39. The monoisotopic (exact) mass is 516 g/mol. The Morgan fingerprint density at radius 2 is 2.07 bits per heavy atom. The van der Waals surface area contributed by atoms with Crippen LogP contribution in [-0.2, 0) is 4.79 Å². The topological polar surface area (TPSA) is 65.8 Å². The number of nitrogens with zero attached hydrogens (tertiary/aromatic N) is 5. The van der Waals surface area contributed by atoms with E-state index in [0.717, 1.165) is 51.4 Å². The molecule has 0 aliphatic carbocycles. The van der Waals surface area contributed by atoms with Gasteiger partial charge in [0.2, 0.25) is 5.91 Å². The van der Waals surface area contributed by atoms with E-state index in [1.54, 1.807) is 0 Å². The highest BCUT2D eigenvalue weighted by molar-refractivity contribution is 14.0. The minimum absolute atomic E-state index is 0. The minimum atomic E-state index is 0. The summed E-state index contributed by atoms with van der Waals surface area (Å²) < 4.78 is 2.21. The summed E-state index contributed by atoms with van der Waals surface area (Å²) >= 11 is 0. The number of amides is 1. The Morgan fingerprint density at radius 1 is 1.24 bits per heavy atom. The fraction of sp³-hybridized carbons (Fsp3) is 0.762. The standard InChI is InChI=1S/C21H36N6O.HI/c1-4-23-21(24-10-8-20(28)27-12-6-5-7-18(27)3)25-13-9-17(2)19(15-25)26-14-11-22-16-26;/h11,14,16-19H,4-10,12-13,15H2,1-3H3,(H,23,24);1H. The molecule has 2 saturated heterocycles. The summed E-state index contributed by atoms with van der Waals surface area (Å²) in [6.07, 6.45) is 10.9. The molecule has 1 N–H and O–H groups in total. The molecule has 0 aromatic carbocycles. The zero-order chi connectivity index (χ0) is 19.9. The van der Waals surface area contributed by atoms with E-state index >= 15 is 0 Å². The number of halogens is 1. The van der Waals surface area contributed by atoms with Crippen LogP contribution in [-0.4, -0.2) is 70.0 Å². The first kappa shape index (κ1) is 24.0. The molecule has 164 valence electrons. The smallest absolute Gasteiger partial charge is 0.224 e. The van der Waals surface area contributed by atoms with Gasteiger partial charge >= 0.3 is 0 Å². The van der Waals surface area contributed by atoms with E-state index in [1.165, 1.54) is 6.42 Å². The van der Waals surface area contributed by atoms with Crippen LogP contribution < -0.4 is 5.32 Å². The number of hydrogen-bond donors (Lipinski definition) is 1. The van der Waals surface area contributed by atoms with Gasteiger partial charge in [-0.1, -0.05) is 6.92 Å². The third kappa shape index (κ3) is 6.33. The number of hydrogen-bond acceptors (Lipinski definition) is 3. The van der Waals surface area contributed by atoms with Gasteiger partial charge in [-0.25, -0.2) is 4.98 Å². The number of carbonyl (C=O) groups excluding carboxylic acids is 1. The first-order valence-electron chi connectivity index (χ1n) is 10.9. The van der Waals surface area contributed by atoms with Crippen LogP contribution in [0.3, 0.4) is 0 Å². The van der Waals surface area contributed by atoms with Crippen molar-refractivity contribution in [3.63, 3.8) is 0 Å². The van der Waals surface area contributed by atoms with Gasteiger partial charge in [0.05, 0.1) is 18.9 Å². The molecule has 2 aliphatic rings. The first-order chi connectivity index (χ1) is 13.6. The number of nitrogens with one attached hydrogen (secondary N) is 1. The van der Waals surface area contributed by atoms with Crippen LogP contribution in [0, 0.1) is 5.92 Å². The van der Waals surface area contributed by atoms with E-state index in [-0.39, 0.29) is 29.9 Å². The van der Waals surface area contributed by atoms with Gasteiger partial charge in [0, 0.05) is 51.0 Å². The first-order valence-corrected chi connectivity index (χ1v) is 10.9. The van der Waals surface area contributed by atoms with Crippen molar-refractivity contribution in [2.75, 3.05) is 32.7 Å². The molecule has 2 aliphatic heterocycles. The van der Waals surface area contributed by atoms with Crippen molar-refractivity contribution < 1.29 is 4.79 Å². The van der Waals surface area contributed by atoms with Gasteiger partial charge in [-0.3, -0.25) is 9.79 Å². The summed E-state index contributed by atoms with van der Waals surface area (Å²) in [7, 11) is 0. The second-order valence-corrected chi connectivity index (χ2v) is 8.21. The molecule has 3 heterocycles. The SMILES string of the molecule is CCNC(=NCCC(=O)N1CCCCC1C)N1CCC(C)C(n2ccnc2)C1.I. The number of imidazole rings is 1. The molecular weight excluding hydrogens is 479 g/mol. The van der Waals surface area contributed by atoms with Crippen molar-refractivity contribution in [2.24, 2.45) is 10.9 Å². The van der Waals surface area contributed by atoms with E-state index in [4.69, 9.17) is 4.99 Å². The van der Waals surface area contributed by atoms with Gasteiger partial charge in [0.15, 0.2) is 5.96 Å². The predicted molar refractivity (Wildman–Crippen MR) is 128 cm³/mol. The molecule has 2 fully saturated rings. The number of carbonyl (C=O) groups is 1. The number of guanidine groups is 1. The van der Waals surface area contributed by atoms with E-state index in [1.807, 2.05) is 23.6 Å². The van der Waals surface area contributed by atoms with Crippen molar-refractivity contribution in [2.45, 2.75) is 65.0 Å². The van der Waals surface area contributed by atoms with Crippen molar-refractivity contribution in [1.82, 2.24) is 24.7 Å². The summed E-state index contributed by atoms with van der Waals surface area (Å²) in [5.74, 6) is 1.78. The molecule has 0 radical (unpaired) electrons. The summed E-state index contributed by atoms with van der Waals surface area (Å²) in [4.78, 5) is 26.0. The molecule has 1 aromatic rings. The fourth-order valence-electron chi connectivity index (χ4n) is 4.39. The molecule has 0 saturated carbocycles. The molecule has 29 heavy (non-hydrogen) atoms. The number of aliphatic imine (C=N–C) groups is 1. The molecule has 1 aromatic heterocycles. The van der Waals surface area contributed by atoms with Crippen LogP contribution in [0.1, 0.15) is 58.9 Å². The minimum Gasteiger partial charge on any atom is -0.357 e. The average molecular weight is 516 g/mol. The molecule has 0 bridgehead atoms. The maximum absolute atomic E-state index is 12.6. The highest BCUT2D eigenvalue weighted by Crippen LogP contribution is 2.27. The molecule has 1 amide bonds. The number of rotatable bonds is 5. The Labute approximate surface area is 192 Å². The van der Waals surface area contributed by atoms with E-state index in [9.17, 15) is 4.79 Å². The third-order valence-corrected chi connectivity index (χ3v) is 6.17. The van der Waals surface area contributed by atoms with Gasteiger partial charge in [-0.05, 0) is 45.4 Å². The lowest BCUT2D eigenvalue weighted by atomic mass is 9.93. The van der Waals surface area contributed by atoms with Crippen molar-refractivity contribution in [3.05, 3.63) is 18.7 Å². The van der Waals surface area contributed by atoms with Crippen LogP contribution >= 0.6 is 24.0 Å². The lowest BCUT2D eigenvalue weighted by Crippen LogP contribution is -2.49. The van der Waals surface area contributed by atoms with Crippen molar-refractivity contribution in [1.29, 1.82) is 0 Å².